The van der Waals surface area contributed by atoms with E-state index in [1.54, 1.807) is 0 Å². The molecule has 3 N–H and O–H groups in total. The Balaban J connectivity index is 0.00000288. The van der Waals surface area contributed by atoms with E-state index in [1.807, 2.05) is 6.92 Å². The lowest BCUT2D eigenvalue weighted by Gasteiger charge is -2.22. The normalized spacial score (nSPS) is 24.7. The number of nitrogens with one attached hydrogen (secondary N) is 2. The number of aliphatic hydroxyl groups is 1. The third-order valence-corrected chi connectivity index (χ3v) is 4.43. The van der Waals surface area contributed by atoms with Crippen molar-refractivity contribution < 1.29 is 18.3 Å². The molecule has 1 atom stereocenters. The second-order valence-electron chi connectivity index (χ2n) is 6.61. The number of hydrogen-bond donors (Lipinski definition) is 3. The maximum absolute atomic E-state index is 12.4. The van der Waals surface area contributed by atoms with Gasteiger partial charge < -0.3 is 15.7 Å². The molecule has 0 radical (unpaired) electrons. The zero-order valence-corrected chi connectivity index (χ0v) is 16.4. The molecule has 0 aromatic heterocycles. The van der Waals surface area contributed by atoms with Crippen molar-refractivity contribution in [1.82, 2.24) is 15.5 Å². The Bertz CT molecular complexity index is 414. The third kappa shape index (κ3) is 7.30. The number of likely N-dealkylation sites (tertiary alicyclic amines) is 1. The zero-order chi connectivity index (χ0) is 16.9. The molecular formula is C15H28F3IN4O. The first-order valence-electron chi connectivity index (χ1n) is 8.36. The minimum Gasteiger partial charge on any atom is -0.388 e. The van der Waals surface area contributed by atoms with E-state index in [9.17, 15) is 18.3 Å². The van der Waals surface area contributed by atoms with Crippen LogP contribution in [0.3, 0.4) is 0 Å². The van der Waals surface area contributed by atoms with Gasteiger partial charge in [0.1, 0.15) is 0 Å². The first kappa shape index (κ1) is 21.8. The maximum Gasteiger partial charge on any atom is 0.401 e. The summed E-state index contributed by atoms with van der Waals surface area (Å²) in [5.74, 6) is 0.576. The van der Waals surface area contributed by atoms with Crippen LogP contribution in [0.4, 0.5) is 13.2 Å². The first-order valence-corrected chi connectivity index (χ1v) is 8.36. The monoisotopic (exact) mass is 464 g/mol. The molecule has 0 aromatic rings. The fourth-order valence-corrected chi connectivity index (χ4v) is 3.28. The van der Waals surface area contributed by atoms with E-state index in [-0.39, 0.29) is 30.0 Å². The summed E-state index contributed by atoms with van der Waals surface area (Å²) in [5, 5.41) is 16.6. The van der Waals surface area contributed by atoms with E-state index in [0.29, 0.717) is 38.6 Å². The summed E-state index contributed by atoms with van der Waals surface area (Å²) in [7, 11) is 0. The van der Waals surface area contributed by atoms with Crippen molar-refractivity contribution in [3.05, 3.63) is 0 Å². The molecular weight excluding hydrogens is 436 g/mol. The van der Waals surface area contributed by atoms with Crippen LogP contribution < -0.4 is 10.6 Å². The van der Waals surface area contributed by atoms with Crippen LogP contribution in [-0.4, -0.2) is 66.5 Å². The molecule has 2 rings (SSSR count). The summed E-state index contributed by atoms with van der Waals surface area (Å²) >= 11 is 0. The number of rotatable bonds is 5. The SMILES string of the molecule is CCNC(=NCC1(O)CCCC1)NC1CCN(CC(F)(F)F)C1.I. The van der Waals surface area contributed by atoms with Gasteiger partial charge in [0.15, 0.2) is 5.96 Å². The fraction of sp³-hybridized carbons (Fsp3) is 0.933. The molecule has 1 unspecified atom stereocenters. The summed E-state index contributed by atoms with van der Waals surface area (Å²) in [6, 6.07) is -0.0478. The Labute approximate surface area is 158 Å². The lowest BCUT2D eigenvalue weighted by Crippen LogP contribution is -2.46. The van der Waals surface area contributed by atoms with Crippen molar-refractivity contribution in [3.63, 3.8) is 0 Å². The van der Waals surface area contributed by atoms with Crippen molar-refractivity contribution in [1.29, 1.82) is 0 Å². The van der Waals surface area contributed by atoms with Crippen LogP contribution >= 0.6 is 24.0 Å². The molecule has 24 heavy (non-hydrogen) atoms. The molecule has 1 saturated heterocycles. The molecule has 142 valence electrons. The van der Waals surface area contributed by atoms with Gasteiger partial charge in [-0.25, -0.2) is 0 Å². The number of nitrogens with zero attached hydrogens (tertiary/aromatic N) is 2. The Morgan fingerprint density at radius 3 is 2.58 bits per heavy atom. The molecule has 0 bridgehead atoms. The van der Waals surface area contributed by atoms with E-state index in [2.05, 4.69) is 15.6 Å². The predicted molar refractivity (Wildman–Crippen MR) is 98.8 cm³/mol. The van der Waals surface area contributed by atoms with E-state index in [4.69, 9.17) is 0 Å². The van der Waals surface area contributed by atoms with Crippen LogP contribution in [-0.2, 0) is 0 Å². The molecule has 1 heterocycles. The topological polar surface area (TPSA) is 59.9 Å². The maximum atomic E-state index is 12.4. The molecule has 1 aliphatic heterocycles. The highest BCUT2D eigenvalue weighted by Crippen LogP contribution is 2.29. The largest absolute Gasteiger partial charge is 0.401 e. The number of alkyl halides is 3. The summed E-state index contributed by atoms with van der Waals surface area (Å²) in [4.78, 5) is 5.84. The highest BCUT2D eigenvalue weighted by Gasteiger charge is 2.35. The first-order chi connectivity index (χ1) is 10.8. The van der Waals surface area contributed by atoms with Crippen molar-refractivity contribution in [2.24, 2.45) is 4.99 Å². The molecule has 9 heteroatoms. The molecule has 2 fully saturated rings. The van der Waals surface area contributed by atoms with Gasteiger partial charge >= 0.3 is 6.18 Å². The number of halogens is 4. The zero-order valence-electron chi connectivity index (χ0n) is 14.0. The van der Waals surface area contributed by atoms with Crippen LogP contribution in [0.25, 0.3) is 0 Å². The van der Waals surface area contributed by atoms with Crippen molar-refractivity contribution >= 4 is 29.9 Å². The highest BCUT2D eigenvalue weighted by molar-refractivity contribution is 14.0. The molecule has 0 spiro atoms. The van der Waals surface area contributed by atoms with Gasteiger partial charge in [0.05, 0.1) is 18.7 Å². The minimum absolute atomic E-state index is 0. The lowest BCUT2D eigenvalue weighted by atomic mass is 10.0. The van der Waals surface area contributed by atoms with Gasteiger partial charge in [0, 0.05) is 25.7 Å². The Hall–Kier alpha value is -0.290. The van der Waals surface area contributed by atoms with E-state index >= 15 is 0 Å². The average molecular weight is 464 g/mol. The van der Waals surface area contributed by atoms with Crippen LogP contribution in [0, 0.1) is 0 Å². The summed E-state index contributed by atoms with van der Waals surface area (Å²) in [6.07, 6.45) is 0.0669. The molecule has 5 nitrogen and oxygen atoms in total. The predicted octanol–water partition coefficient (Wildman–Crippen LogP) is 2.10. The fourth-order valence-electron chi connectivity index (χ4n) is 3.28. The molecule has 1 aliphatic carbocycles. The molecule has 0 amide bonds. The van der Waals surface area contributed by atoms with Gasteiger partial charge in [-0.2, -0.15) is 13.2 Å². The second kappa shape index (κ2) is 9.42. The average Bonchev–Trinajstić information content (AvgIpc) is 3.05. The van der Waals surface area contributed by atoms with Crippen molar-refractivity contribution in [2.45, 2.75) is 56.8 Å². The van der Waals surface area contributed by atoms with Gasteiger partial charge in [-0.3, -0.25) is 9.89 Å². The molecule has 2 aliphatic rings. The van der Waals surface area contributed by atoms with Gasteiger partial charge in [-0.05, 0) is 26.2 Å². The molecule has 0 aromatic carbocycles. The lowest BCUT2D eigenvalue weighted by molar-refractivity contribution is -0.143. The van der Waals surface area contributed by atoms with Crippen molar-refractivity contribution in [3.8, 4) is 0 Å². The number of hydrogen-bond acceptors (Lipinski definition) is 3. The van der Waals surface area contributed by atoms with E-state index in [1.165, 1.54) is 4.90 Å². The second-order valence-corrected chi connectivity index (χ2v) is 6.61. The van der Waals surface area contributed by atoms with Gasteiger partial charge in [-0.15, -0.1) is 24.0 Å². The van der Waals surface area contributed by atoms with Crippen LogP contribution in [0.5, 0.6) is 0 Å². The summed E-state index contributed by atoms with van der Waals surface area (Å²) < 4.78 is 37.3. The third-order valence-electron chi connectivity index (χ3n) is 4.43. The van der Waals surface area contributed by atoms with Crippen molar-refractivity contribution in [2.75, 3.05) is 32.7 Å². The van der Waals surface area contributed by atoms with Gasteiger partial charge in [0.25, 0.3) is 0 Å². The Morgan fingerprint density at radius 2 is 2.00 bits per heavy atom. The smallest absolute Gasteiger partial charge is 0.388 e. The standard InChI is InChI=1S/C15H27F3N4O.HI/c1-2-19-13(20-10-14(23)6-3-4-7-14)21-12-5-8-22(9-12)11-15(16,17)18;/h12,23H,2-11H2,1H3,(H2,19,20,21);1H. The molecule has 1 saturated carbocycles. The van der Waals surface area contributed by atoms with Gasteiger partial charge in [0.2, 0.25) is 0 Å². The number of guanidine groups is 1. The Morgan fingerprint density at radius 1 is 1.33 bits per heavy atom. The van der Waals surface area contributed by atoms with E-state index < -0.39 is 18.3 Å². The minimum atomic E-state index is -4.15. The number of aliphatic imine (C=N–C) groups is 1. The Kier molecular flexibility index (Phi) is 8.54. The van der Waals surface area contributed by atoms with Crippen LogP contribution in [0.1, 0.15) is 39.0 Å². The van der Waals surface area contributed by atoms with Crippen LogP contribution in [0.2, 0.25) is 0 Å². The highest BCUT2D eigenvalue weighted by atomic mass is 127. The van der Waals surface area contributed by atoms with E-state index in [0.717, 1.165) is 25.7 Å². The quantitative estimate of drug-likeness (QED) is 0.332. The van der Waals surface area contributed by atoms with Crippen LogP contribution in [0.15, 0.2) is 4.99 Å². The summed E-state index contributed by atoms with van der Waals surface area (Å²) in [5.41, 5.74) is -0.722. The summed E-state index contributed by atoms with van der Waals surface area (Å²) in [6.45, 7) is 2.87. The van der Waals surface area contributed by atoms with Gasteiger partial charge in [-0.1, -0.05) is 12.8 Å².